The predicted molar refractivity (Wildman–Crippen MR) is 93.6 cm³/mol. The van der Waals surface area contributed by atoms with Gasteiger partial charge in [0, 0.05) is 38.7 Å². The Labute approximate surface area is 151 Å². The normalized spacial score (nSPS) is 19.0. The summed E-state index contributed by atoms with van der Waals surface area (Å²) < 4.78 is 20.5. The van der Waals surface area contributed by atoms with E-state index in [1.807, 2.05) is 4.90 Å². The van der Waals surface area contributed by atoms with E-state index in [2.05, 4.69) is 0 Å². The molecule has 3 heterocycles. The average molecular weight is 356 g/mol. The van der Waals surface area contributed by atoms with Crippen LogP contribution in [0.25, 0.3) is 0 Å². The second kappa shape index (κ2) is 6.68. The standard InChI is InChI=1S/C20H21FN2O3/c21-17-4-2-1-3-16(17)19(25)22-9-5-15(13-22)18(24)23-10-6-20(14-23)7-11-26-12-8-20/h1-5,9,13H,6-8,10-12,14H2. The third-order valence-electron chi connectivity index (χ3n) is 5.56. The van der Waals surface area contributed by atoms with Crippen LogP contribution in [0.15, 0.2) is 42.7 Å². The maximum Gasteiger partial charge on any atom is 0.264 e. The van der Waals surface area contributed by atoms with Gasteiger partial charge in [0.05, 0.1) is 11.1 Å². The molecule has 0 atom stereocenters. The van der Waals surface area contributed by atoms with Gasteiger partial charge in [0.25, 0.3) is 11.8 Å². The molecule has 0 saturated carbocycles. The Morgan fingerprint density at radius 1 is 1.04 bits per heavy atom. The highest BCUT2D eigenvalue weighted by Crippen LogP contribution is 2.40. The molecule has 2 saturated heterocycles. The van der Waals surface area contributed by atoms with Gasteiger partial charge < -0.3 is 9.64 Å². The predicted octanol–water partition coefficient (Wildman–Crippen LogP) is 2.96. The van der Waals surface area contributed by atoms with Crippen molar-refractivity contribution in [1.29, 1.82) is 0 Å². The van der Waals surface area contributed by atoms with Crippen molar-refractivity contribution >= 4 is 11.8 Å². The number of nitrogens with zero attached hydrogens (tertiary/aromatic N) is 2. The Morgan fingerprint density at radius 3 is 2.58 bits per heavy atom. The van der Waals surface area contributed by atoms with E-state index in [4.69, 9.17) is 4.74 Å². The Balaban J connectivity index is 1.49. The molecular weight excluding hydrogens is 335 g/mol. The van der Waals surface area contributed by atoms with Gasteiger partial charge in [-0.3, -0.25) is 14.2 Å². The summed E-state index contributed by atoms with van der Waals surface area (Å²) in [5, 5.41) is 0. The molecule has 2 aliphatic heterocycles. The van der Waals surface area contributed by atoms with E-state index in [1.165, 1.54) is 35.2 Å². The maximum atomic E-state index is 13.8. The number of carbonyl (C=O) groups is 2. The zero-order valence-electron chi connectivity index (χ0n) is 14.5. The van der Waals surface area contributed by atoms with E-state index in [9.17, 15) is 14.0 Å². The van der Waals surface area contributed by atoms with E-state index in [-0.39, 0.29) is 16.9 Å². The lowest BCUT2D eigenvalue weighted by Gasteiger charge is -2.33. The van der Waals surface area contributed by atoms with Gasteiger partial charge in [0.15, 0.2) is 0 Å². The number of carbonyl (C=O) groups excluding carboxylic acids is 2. The summed E-state index contributed by atoms with van der Waals surface area (Å²) >= 11 is 0. The number of aromatic nitrogens is 1. The summed E-state index contributed by atoms with van der Waals surface area (Å²) in [5.74, 6) is -1.13. The van der Waals surface area contributed by atoms with Crippen molar-refractivity contribution in [2.45, 2.75) is 19.3 Å². The van der Waals surface area contributed by atoms with Crippen LogP contribution in [0.4, 0.5) is 4.39 Å². The molecule has 1 spiro atoms. The van der Waals surface area contributed by atoms with Crippen LogP contribution in [0, 0.1) is 11.2 Å². The zero-order chi connectivity index (χ0) is 18.1. The van der Waals surface area contributed by atoms with E-state index >= 15 is 0 Å². The molecular formula is C20H21FN2O3. The minimum atomic E-state index is -0.569. The quantitative estimate of drug-likeness (QED) is 0.831. The first-order chi connectivity index (χ1) is 12.6. The van der Waals surface area contributed by atoms with Gasteiger partial charge in [-0.05, 0) is 42.9 Å². The van der Waals surface area contributed by atoms with E-state index in [0.717, 1.165) is 45.6 Å². The topological polar surface area (TPSA) is 51.5 Å². The number of benzene rings is 1. The molecule has 6 heteroatoms. The summed E-state index contributed by atoms with van der Waals surface area (Å²) in [4.78, 5) is 27.1. The van der Waals surface area contributed by atoms with Gasteiger partial charge in [-0.15, -0.1) is 0 Å². The molecule has 2 fully saturated rings. The molecule has 136 valence electrons. The van der Waals surface area contributed by atoms with Gasteiger partial charge in [0.1, 0.15) is 5.82 Å². The first kappa shape index (κ1) is 17.0. The number of halogens is 1. The van der Waals surface area contributed by atoms with Crippen molar-refractivity contribution in [1.82, 2.24) is 9.47 Å². The lowest BCUT2D eigenvalue weighted by molar-refractivity contribution is 0.0191. The zero-order valence-corrected chi connectivity index (χ0v) is 14.5. The van der Waals surface area contributed by atoms with Crippen LogP contribution in [-0.2, 0) is 4.74 Å². The molecule has 26 heavy (non-hydrogen) atoms. The van der Waals surface area contributed by atoms with Crippen LogP contribution in [-0.4, -0.2) is 47.6 Å². The first-order valence-corrected chi connectivity index (χ1v) is 8.92. The molecule has 0 N–H and O–H groups in total. The molecule has 2 aliphatic rings. The fourth-order valence-corrected chi connectivity index (χ4v) is 3.93. The number of ether oxygens (including phenoxy) is 1. The minimum Gasteiger partial charge on any atom is -0.381 e. The number of likely N-dealkylation sites (tertiary alicyclic amines) is 1. The van der Waals surface area contributed by atoms with E-state index in [1.54, 1.807) is 12.1 Å². The van der Waals surface area contributed by atoms with Gasteiger partial charge in [-0.1, -0.05) is 12.1 Å². The number of rotatable bonds is 2. The number of amides is 1. The van der Waals surface area contributed by atoms with Crippen molar-refractivity contribution in [2.24, 2.45) is 5.41 Å². The third kappa shape index (κ3) is 3.05. The van der Waals surface area contributed by atoms with E-state index < -0.39 is 11.7 Å². The maximum absolute atomic E-state index is 13.8. The van der Waals surface area contributed by atoms with Crippen LogP contribution < -0.4 is 0 Å². The molecule has 1 aromatic heterocycles. The van der Waals surface area contributed by atoms with Gasteiger partial charge in [-0.2, -0.15) is 0 Å². The van der Waals surface area contributed by atoms with Crippen molar-refractivity contribution in [3.8, 4) is 0 Å². The van der Waals surface area contributed by atoms with Crippen LogP contribution in [0.5, 0.6) is 0 Å². The van der Waals surface area contributed by atoms with Crippen molar-refractivity contribution in [3.05, 3.63) is 59.7 Å². The summed E-state index contributed by atoms with van der Waals surface area (Å²) in [6.45, 7) is 2.98. The highest BCUT2D eigenvalue weighted by molar-refractivity contribution is 5.99. The number of hydrogen-bond donors (Lipinski definition) is 0. The molecule has 1 aromatic carbocycles. The molecule has 2 aromatic rings. The van der Waals surface area contributed by atoms with E-state index in [0.29, 0.717) is 5.56 Å². The van der Waals surface area contributed by atoms with Crippen LogP contribution in [0.3, 0.4) is 0 Å². The summed E-state index contributed by atoms with van der Waals surface area (Å²) in [6, 6.07) is 7.46. The highest BCUT2D eigenvalue weighted by atomic mass is 19.1. The fourth-order valence-electron chi connectivity index (χ4n) is 3.93. The SMILES string of the molecule is O=C(c1ccn(C(=O)c2ccccc2F)c1)N1CCC2(CCOCC2)C1. The van der Waals surface area contributed by atoms with Crippen molar-refractivity contribution in [2.75, 3.05) is 26.3 Å². The molecule has 0 aliphatic carbocycles. The molecule has 0 bridgehead atoms. The lowest BCUT2D eigenvalue weighted by atomic mass is 9.80. The lowest BCUT2D eigenvalue weighted by Crippen LogP contribution is -2.35. The fraction of sp³-hybridized carbons (Fsp3) is 0.400. The minimum absolute atomic E-state index is 0.00979. The smallest absolute Gasteiger partial charge is 0.264 e. The van der Waals surface area contributed by atoms with Crippen molar-refractivity contribution < 1.29 is 18.7 Å². The largest absolute Gasteiger partial charge is 0.381 e. The third-order valence-corrected chi connectivity index (χ3v) is 5.56. The average Bonchev–Trinajstić information content (AvgIpc) is 3.30. The van der Waals surface area contributed by atoms with Gasteiger partial charge in [0.2, 0.25) is 0 Å². The monoisotopic (exact) mass is 356 g/mol. The van der Waals surface area contributed by atoms with Crippen LogP contribution >= 0.6 is 0 Å². The molecule has 4 rings (SSSR count). The second-order valence-electron chi connectivity index (χ2n) is 7.18. The Hall–Kier alpha value is -2.47. The van der Waals surface area contributed by atoms with Crippen molar-refractivity contribution in [3.63, 3.8) is 0 Å². The summed E-state index contributed by atoms with van der Waals surface area (Å²) in [7, 11) is 0. The van der Waals surface area contributed by atoms with Crippen LogP contribution in [0.1, 0.15) is 40.0 Å². The molecule has 0 unspecified atom stereocenters. The molecule has 5 nitrogen and oxygen atoms in total. The Kier molecular flexibility index (Phi) is 4.36. The molecule has 1 amide bonds. The Bertz CT molecular complexity index is 839. The highest BCUT2D eigenvalue weighted by Gasteiger charge is 2.41. The first-order valence-electron chi connectivity index (χ1n) is 8.92. The number of hydrogen-bond acceptors (Lipinski definition) is 3. The molecule has 0 radical (unpaired) electrons. The van der Waals surface area contributed by atoms with Gasteiger partial charge in [-0.25, -0.2) is 4.39 Å². The van der Waals surface area contributed by atoms with Gasteiger partial charge >= 0.3 is 0 Å². The summed E-state index contributed by atoms with van der Waals surface area (Å²) in [5.41, 5.74) is 0.627. The summed E-state index contributed by atoms with van der Waals surface area (Å²) in [6.07, 6.45) is 5.98. The Morgan fingerprint density at radius 2 is 1.81 bits per heavy atom. The second-order valence-corrected chi connectivity index (χ2v) is 7.18. The van der Waals surface area contributed by atoms with Crippen LogP contribution in [0.2, 0.25) is 0 Å².